The van der Waals surface area contributed by atoms with Gasteiger partial charge in [0.05, 0.1) is 19.0 Å². The van der Waals surface area contributed by atoms with Crippen molar-refractivity contribution in [1.82, 2.24) is 19.5 Å². The van der Waals surface area contributed by atoms with E-state index >= 15 is 0 Å². The van der Waals surface area contributed by atoms with Gasteiger partial charge in [0.2, 0.25) is 11.9 Å². The van der Waals surface area contributed by atoms with Crippen molar-refractivity contribution in [1.29, 1.82) is 0 Å². The topological polar surface area (TPSA) is 136 Å². The normalized spacial score (nSPS) is 21.0. The van der Waals surface area contributed by atoms with E-state index in [1.165, 1.54) is 13.3 Å². The zero-order chi connectivity index (χ0) is 15.7. The molecule has 10 nitrogen and oxygen atoms in total. The number of hydrogen-bond acceptors (Lipinski definition) is 6. The second-order valence-corrected chi connectivity index (χ2v) is 4.90. The number of aromatic amines is 1. The number of morpholine rings is 1. The first kappa shape index (κ1) is 18.4. The molecule has 0 aliphatic carbocycles. The summed E-state index contributed by atoms with van der Waals surface area (Å²) < 4.78 is 7.26. The van der Waals surface area contributed by atoms with Crippen molar-refractivity contribution >= 4 is 23.0 Å². The number of fused-ring (bicyclic) bond motifs is 1. The van der Waals surface area contributed by atoms with Crippen LogP contribution >= 0.6 is 0 Å². The molecule has 1 aliphatic rings. The van der Waals surface area contributed by atoms with Gasteiger partial charge in [-0.1, -0.05) is 0 Å². The molecule has 11 heteroatoms. The van der Waals surface area contributed by atoms with Crippen molar-refractivity contribution in [3.8, 4) is 0 Å². The van der Waals surface area contributed by atoms with E-state index < -0.39 is 17.9 Å². The Balaban J connectivity index is 0.00000192. The number of H-pyrrole nitrogens is 1. The van der Waals surface area contributed by atoms with Gasteiger partial charge in [-0.05, 0) is 0 Å². The Hall–Kier alpha value is -0.936. The van der Waals surface area contributed by atoms with Crippen LogP contribution in [0.5, 0.6) is 0 Å². The maximum absolute atomic E-state index is 12.0. The fraction of sp³-hybridized carbons (Fsp3) is 0.500. The Morgan fingerprint density at radius 2 is 2.39 bits per heavy atom. The molecule has 0 aromatic carbocycles. The van der Waals surface area contributed by atoms with Crippen LogP contribution < -0.4 is 10.9 Å². The van der Waals surface area contributed by atoms with Gasteiger partial charge in [0.1, 0.15) is 6.23 Å². The van der Waals surface area contributed by atoms with Crippen molar-refractivity contribution in [2.75, 3.05) is 25.0 Å². The van der Waals surface area contributed by atoms with Crippen molar-refractivity contribution in [2.24, 2.45) is 0 Å². The minimum atomic E-state index is -0.504. The number of carbonyl (C=O) groups is 1. The Labute approximate surface area is 164 Å². The summed E-state index contributed by atoms with van der Waals surface area (Å²) in [4.78, 5) is 33.7. The number of hydrogen-bond donors (Lipinski definition) is 3. The van der Waals surface area contributed by atoms with Gasteiger partial charge in [-0.3, -0.25) is 24.5 Å². The van der Waals surface area contributed by atoms with Crippen LogP contribution in [0.4, 0.5) is 5.95 Å². The number of nitrogens with one attached hydrogen (secondary N) is 2. The second kappa shape index (κ2) is 7.76. The summed E-state index contributed by atoms with van der Waals surface area (Å²) in [5.41, 5.74) is -0.0333. The minimum absolute atomic E-state index is 0. The quantitative estimate of drug-likeness (QED) is 0.571. The predicted molar refractivity (Wildman–Crippen MR) is 76.5 cm³/mol. The number of amides is 1. The average Bonchev–Trinajstić information content (AvgIpc) is 2.91. The molecule has 1 aliphatic heterocycles. The molecule has 1 fully saturated rings. The second-order valence-electron chi connectivity index (χ2n) is 4.90. The summed E-state index contributed by atoms with van der Waals surface area (Å²) in [5.74, 6) is -0.309. The van der Waals surface area contributed by atoms with E-state index in [1.54, 1.807) is 4.57 Å². The zero-order valence-electron chi connectivity index (χ0n) is 12.4. The molecule has 0 spiro atoms. The molecule has 2 aromatic rings. The molecular weight excluding hydrogens is 433 g/mol. The van der Waals surface area contributed by atoms with Crippen LogP contribution in [0.15, 0.2) is 11.1 Å². The fourth-order valence-corrected chi connectivity index (χ4v) is 2.25. The van der Waals surface area contributed by atoms with Crippen LogP contribution in [0, 0.1) is 41.3 Å². The van der Waals surface area contributed by atoms with Crippen LogP contribution in [0.1, 0.15) is 13.2 Å². The van der Waals surface area contributed by atoms with E-state index in [4.69, 9.17) is 4.74 Å². The van der Waals surface area contributed by atoms with E-state index in [1.807, 2.05) is 0 Å². The first-order valence-electron chi connectivity index (χ1n) is 6.72. The Bertz CT molecular complexity index is 760. The molecular formula is C12H15N6O4Pr-. The molecule has 121 valence electrons. The number of aromatic nitrogens is 4. The molecule has 0 bridgehead atoms. The van der Waals surface area contributed by atoms with Gasteiger partial charge in [-0.2, -0.15) is 4.98 Å². The number of rotatable bonds is 3. The summed E-state index contributed by atoms with van der Waals surface area (Å²) in [6.07, 6.45) is 0.535. The summed E-state index contributed by atoms with van der Waals surface area (Å²) >= 11 is 0. The third kappa shape index (κ3) is 3.94. The molecule has 1 saturated heterocycles. The third-order valence-corrected chi connectivity index (χ3v) is 3.21. The number of imidazole rings is 1. The molecule has 3 N–H and O–H groups in total. The van der Waals surface area contributed by atoms with Crippen LogP contribution in [0.3, 0.4) is 0 Å². The molecule has 3 heterocycles. The third-order valence-electron chi connectivity index (χ3n) is 3.21. The maximum Gasteiger partial charge on any atom is 0.280 e. The molecule has 1 radical (unpaired) electrons. The van der Waals surface area contributed by atoms with Crippen LogP contribution in [-0.2, 0) is 9.53 Å². The van der Waals surface area contributed by atoms with Crippen molar-refractivity contribution < 1.29 is 55.9 Å². The van der Waals surface area contributed by atoms with Gasteiger partial charge in [-0.25, -0.2) is 4.98 Å². The van der Waals surface area contributed by atoms with E-state index in [2.05, 4.69) is 25.6 Å². The number of aliphatic hydroxyl groups is 1. The standard InChI is InChI=1S/C12H15N6O4.Pr/c1-6(20)15-12-16-10-9(11(21)17-12)14-5-18(10)8-3-13-2-7(4-19)22-8;/h5,7-8,19H,2-4H2,1H3,(H2,15,16,17,20,21);/q-1;. The first-order chi connectivity index (χ1) is 10.6. The Morgan fingerprint density at radius 1 is 1.61 bits per heavy atom. The molecule has 2 aromatic heterocycles. The molecule has 2 atom stereocenters. The SMILES string of the molecule is CC(=O)Nc1nc2c(ncn2C2C[N-]CC(CO)O2)c(=O)[nH]1.[Pr]. The van der Waals surface area contributed by atoms with Crippen LogP contribution in [0.2, 0.25) is 0 Å². The summed E-state index contributed by atoms with van der Waals surface area (Å²) in [6, 6.07) is 0. The average molecular weight is 448 g/mol. The molecule has 23 heavy (non-hydrogen) atoms. The van der Waals surface area contributed by atoms with Gasteiger partial charge in [0.15, 0.2) is 11.2 Å². The van der Waals surface area contributed by atoms with Gasteiger partial charge in [-0.15, -0.1) is 13.1 Å². The number of nitrogens with zero attached hydrogens (tertiary/aromatic N) is 4. The van der Waals surface area contributed by atoms with Gasteiger partial charge in [0, 0.05) is 48.2 Å². The van der Waals surface area contributed by atoms with Crippen LogP contribution in [0.25, 0.3) is 16.5 Å². The summed E-state index contributed by atoms with van der Waals surface area (Å²) in [6.45, 7) is 1.96. The number of aliphatic hydroxyl groups excluding tert-OH is 1. The largest absolute Gasteiger partial charge is 0.656 e. The molecule has 0 saturated carbocycles. The molecule has 3 rings (SSSR count). The van der Waals surface area contributed by atoms with E-state index in [0.29, 0.717) is 13.1 Å². The van der Waals surface area contributed by atoms with E-state index in [0.717, 1.165) is 0 Å². The van der Waals surface area contributed by atoms with Crippen molar-refractivity contribution in [2.45, 2.75) is 19.3 Å². The summed E-state index contributed by atoms with van der Waals surface area (Å²) in [7, 11) is 0. The monoisotopic (exact) mass is 448 g/mol. The van der Waals surface area contributed by atoms with Crippen molar-refractivity contribution in [3.63, 3.8) is 0 Å². The number of ether oxygens (including phenoxy) is 1. The van der Waals surface area contributed by atoms with Gasteiger partial charge >= 0.3 is 0 Å². The van der Waals surface area contributed by atoms with E-state index in [-0.39, 0.29) is 70.9 Å². The predicted octanol–water partition coefficient (Wildman–Crippen LogP) is -0.659. The zero-order valence-corrected chi connectivity index (χ0v) is 16.1. The Kier molecular flexibility index (Phi) is 6.21. The maximum atomic E-state index is 12.0. The summed E-state index contributed by atoms with van der Waals surface area (Å²) in [5, 5.41) is 15.9. The number of anilines is 1. The molecule has 1 amide bonds. The van der Waals surface area contributed by atoms with Gasteiger partial charge in [0.25, 0.3) is 5.56 Å². The fourth-order valence-electron chi connectivity index (χ4n) is 2.25. The Morgan fingerprint density at radius 3 is 3.09 bits per heavy atom. The smallest absolute Gasteiger partial charge is 0.280 e. The van der Waals surface area contributed by atoms with Crippen molar-refractivity contribution in [3.05, 3.63) is 22.0 Å². The first-order valence-corrected chi connectivity index (χ1v) is 6.72. The molecule has 2 unspecified atom stereocenters. The number of carbonyl (C=O) groups excluding carboxylic acids is 1. The van der Waals surface area contributed by atoms with Gasteiger partial charge < -0.3 is 15.2 Å². The van der Waals surface area contributed by atoms with E-state index in [9.17, 15) is 14.7 Å². The van der Waals surface area contributed by atoms with Crippen LogP contribution in [-0.4, -0.2) is 56.3 Å². The minimum Gasteiger partial charge on any atom is -0.656 e.